The van der Waals surface area contributed by atoms with Crippen molar-refractivity contribution in [2.45, 2.75) is 27.0 Å². The highest BCUT2D eigenvalue weighted by molar-refractivity contribution is 6.31. The minimum Gasteiger partial charge on any atom is -0.486 e. The first-order valence-electron chi connectivity index (χ1n) is 6.20. The average molecular weight is 295 g/mol. The standard InChI is InChI=1S/C14H15ClN2O3/c1-3-17-11(6-9(2)16-17)8-20-13-5-4-10(15)7-12(13)14(18)19/h4-7H,3,8H2,1-2H3,(H,18,19). The summed E-state index contributed by atoms with van der Waals surface area (Å²) < 4.78 is 7.42. The molecule has 5 nitrogen and oxygen atoms in total. The van der Waals surface area contributed by atoms with Gasteiger partial charge in [-0.2, -0.15) is 5.10 Å². The van der Waals surface area contributed by atoms with Crippen molar-refractivity contribution in [3.05, 3.63) is 46.2 Å². The predicted octanol–water partition coefficient (Wildman–Crippen LogP) is 3.14. The van der Waals surface area contributed by atoms with Gasteiger partial charge >= 0.3 is 5.97 Å². The largest absolute Gasteiger partial charge is 0.486 e. The van der Waals surface area contributed by atoms with Gasteiger partial charge in [-0.15, -0.1) is 0 Å². The number of nitrogens with zero attached hydrogens (tertiary/aromatic N) is 2. The molecule has 6 heteroatoms. The molecule has 0 saturated carbocycles. The van der Waals surface area contributed by atoms with E-state index < -0.39 is 5.97 Å². The van der Waals surface area contributed by atoms with Crippen molar-refractivity contribution in [3.63, 3.8) is 0 Å². The number of carboxylic acids is 1. The van der Waals surface area contributed by atoms with Crippen molar-refractivity contribution in [1.29, 1.82) is 0 Å². The number of aromatic carboxylic acids is 1. The summed E-state index contributed by atoms with van der Waals surface area (Å²) in [7, 11) is 0. The smallest absolute Gasteiger partial charge is 0.339 e. The lowest BCUT2D eigenvalue weighted by atomic mass is 10.2. The summed E-state index contributed by atoms with van der Waals surface area (Å²) in [4.78, 5) is 11.2. The van der Waals surface area contributed by atoms with Gasteiger partial charge in [0.1, 0.15) is 17.9 Å². The Morgan fingerprint density at radius 1 is 1.45 bits per heavy atom. The Kier molecular flexibility index (Phi) is 4.29. The van der Waals surface area contributed by atoms with Crippen molar-refractivity contribution >= 4 is 17.6 Å². The molecule has 0 unspecified atom stereocenters. The highest BCUT2D eigenvalue weighted by Crippen LogP contribution is 2.24. The third kappa shape index (κ3) is 3.11. The summed E-state index contributed by atoms with van der Waals surface area (Å²) in [6, 6.07) is 6.46. The van der Waals surface area contributed by atoms with Gasteiger partial charge in [-0.1, -0.05) is 11.6 Å². The van der Waals surface area contributed by atoms with E-state index in [1.807, 2.05) is 24.6 Å². The highest BCUT2D eigenvalue weighted by Gasteiger charge is 2.13. The molecule has 0 radical (unpaired) electrons. The Labute approximate surface area is 121 Å². The van der Waals surface area contributed by atoms with Crippen molar-refractivity contribution in [3.8, 4) is 5.75 Å². The first-order chi connectivity index (χ1) is 9.51. The second-order valence-electron chi connectivity index (χ2n) is 4.33. The number of halogens is 1. The van der Waals surface area contributed by atoms with Crippen molar-refractivity contribution < 1.29 is 14.6 Å². The van der Waals surface area contributed by atoms with E-state index in [9.17, 15) is 4.79 Å². The van der Waals surface area contributed by atoms with E-state index in [0.29, 0.717) is 10.8 Å². The Balaban J connectivity index is 2.20. The zero-order valence-electron chi connectivity index (χ0n) is 11.3. The molecule has 0 aliphatic carbocycles. The SMILES string of the molecule is CCn1nc(C)cc1COc1ccc(Cl)cc1C(=O)O. The minimum atomic E-state index is -1.07. The van der Waals surface area contributed by atoms with Gasteiger partial charge in [0.2, 0.25) is 0 Å². The van der Waals surface area contributed by atoms with E-state index in [0.717, 1.165) is 17.9 Å². The van der Waals surface area contributed by atoms with Gasteiger partial charge in [0, 0.05) is 11.6 Å². The maximum absolute atomic E-state index is 11.2. The van der Waals surface area contributed by atoms with Gasteiger partial charge in [-0.3, -0.25) is 4.68 Å². The summed E-state index contributed by atoms with van der Waals surface area (Å²) in [5.41, 5.74) is 1.85. The van der Waals surface area contributed by atoms with Crippen LogP contribution in [0.4, 0.5) is 0 Å². The number of benzene rings is 1. The predicted molar refractivity (Wildman–Crippen MR) is 75.4 cm³/mol. The average Bonchev–Trinajstić information content (AvgIpc) is 2.77. The molecular weight excluding hydrogens is 280 g/mol. The van der Waals surface area contributed by atoms with Crippen LogP contribution in [0, 0.1) is 6.92 Å². The van der Waals surface area contributed by atoms with E-state index in [1.54, 1.807) is 12.1 Å². The molecule has 0 bridgehead atoms. The van der Waals surface area contributed by atoms with Crippen molar-refractivity contribution in [2.75, 3.05) is 0 Å². The van der Waals surface area contributed by atoms with Crippen LogP contribution >= 0.6 is 11.6 Å². The van der Waals surface area contributed by atoms with Gasteiger partial charge < -0.3 is 9.84 Å². The van der Waals surface area contributed by atoms with Crippen LogP contribution in [0.5, 0.6) is 5.75 Å². The number of carboxylic acid groups (broad SMARTS) is 1. The Morgan fingerprint density at radius 2 is 2.20 bits per heavy atom. The fourth-order valence-corrected chi connectivity index (χ4v) is 2.11. The third-order valence-electron chi connectivity index (χ3n) is 2.83. The quantitative estimate of drug-likeness (QED) is 0.920. The zero-order valence-corrected chi connectivity index (χ0v) is 12.0. The molecule has 20 heavy (non-hydrogen) atoms. The summed E-state index contributed by atoms with van der Waals surface area (Å²) in [5, 5.41) is 13.8. The molecule has 2 aromatic rings. The fourth-order valence-electron chi connectivity index (χ4n) is 1.94. The van der Waals surface area contributed by atoms with E-state index in [1.165, 1.54) is 6.07 Å². The fraction of sp³-hybridized carbons (Fsp3) is 0.286. The highest BCUT2D eigenvalue weighted by atomic mass is 35.5. The van der Waals surface area contributed by atoms with Crippen molar-refractivity contribution in [2.24, 2.45) is 0 Å². The number of hydrogen-bond acceptors (Lipinski definition) is 3. The van der Waals surface area contributed by atoms with Crippen LogP contribution in [0.25, 0.3) is 0 Å². The molecule has 0 atom stereocenters. The normalized spacial score (nSPS) is 10.6. The Morgan fingerprint density at radius 3 is 2.85 bits per heavy atom. The lowest BCUT2D eigenvalue weighted by molar-refractivity contribution is 0.0691. The first-order valence-corrected chi connectivity index (χ1v) is 6.58. The molecule has 1 aromatic carbocycles. The second-order valence-corrected chi connectivity index (χ2v) is 4.76. The summed E-state index contributed by atoms with van der Waals surface area (Å²) >= 11 is 5.80. The molecule has 0 aliphatic rings. The molecule has 0 fully saturated rings. The minimum absolute atomic E-state index is 0.0526. The monoisotopic (exact) mass is 294 g/mol. The topological polar surface area (TPSA) is 64.4 Å². The molecule has 2 rings (SSSR count). The van der Waals surface area contributed by atoms with Gasteiger partial charge in [-0.25, -0.2) is 4.79 Å². The van der Waals surface area contributed by atoms with Crippen LogP contribution in [0.2, 0.25) is 5.02 Å². The van der Waals surface area contributed by atoms with Crippen LogP contribution in [0.1, 0.15) is 28.7 Å². The van der Waals surface area contributed by atoms with Crippen molar-refractivity contribution in [1.82, 2.24) is 9.78 Å². The van der Waals surface area contributed by atoms with Crippen LogP contribution in [0.3, 0.4) is 0 Å². The maximum atomic E-state index is 11.2. The van der Waals surface area contributed by atoms with E-state index in [-0.39, 0.29) is 12.2 Å². The molecule has 0 amide bonds. The van der Waals surface area contributed by atoms with Crippen LogP contribution in [0.15, 0.2) is 24.3 Å². The third-order valence-corrected chi connectivity index (χ3v) is 3.07. The van der Waals surface area contributed by atoms with Gasteiger partial charge in [0.25, 0.3) is 0 Å². The lowest BCUT2D eigenvalue weighted by Gasteiger charge is -2.10. The molecule has 106 valence electrons. The first kappa shape index (κ1) is 14.4. The lowest BCUT2D eigenvalue weighted by Crippen LogP contribution is -2.08. The van der Waals surface area contributed by atoms with E-state index in [2.05, 4.69) is 5.10 Å². The summed E-state index contributed by atoms with van der Waals surface area (Å²) in [6.45, 7) is 4.89. The molecule has 0 spiro atoms. The van der Waals surface area contributed by atoms with Crippen LogP contribution < -0.4 is 4.74 Å². The number of aromatic nitrogens is 2. The maximum Gasteiger partial charge on any atom is 0.339 e. The second kappa shape index (κ2) is 5.96. The van der Waals surface area contributed by atoms with Gasteiger partial charge in [0.05, 0.1) is 11.4 Å². The molecule has 1 N–H and O–H groups in total. The molecule has 0 saturated heterocycles. The van der Waals surface area contributed by atoms with Crippen LogP contribution in [-0.4, -0.2) is 20.9 Å². The summed E-state index contributed by atoms with van der Waals surface area (Å²) in [5.74, 6) is -0.772. The van der Waals surface area contributed by atoms with Crippen LogP contribution in [-0.2, 0) is 13.2 Å². The van der Waals surface area contributed by atoms with Gasteiger partial charge in [0.15, 0.2) is 0 Å². The molecule has 0 aliphatic heterocycles. The number of rotatable bonds is 5. The Hall–Kier alpha value is -2.01. The molecular formula is C14H15ClN2O3. The summed E-state index contributed by atoms with van der Waals surface area (Å²) in [6.07, 6.45) is 0. The number of carbonyl (C=O) groups is 1. The number of aryl methyl sites for hydroxylation is 2. The Bertz CT molecular complexity index is 637. The zero-order chi connectivity index (χ0) is 14.7. The molecule has 1 heterocycles. The van der Waals surface area contributed by atoms with E-state index >= 15 is 0 Å². The van der Waals surface area contributed by atoms with Gasteiger partial charge in [-0.05, 0) is 38.1 Å². The number of ether oxygens (including phenoxy) is 1. The van der Waals surface area contributed by atoms with E-state index in [4.69, 9.17) is 21.4 Å². The molecule has 1 aromatic heterocycles. The number of hydrogen-bond donors (Lipinski definition) is 1.